The summed E-state index contributed by atoms with van der Waals surface area (Å²) in [6.45, 7) is 9.51. The first kappa shape index (κ1) is 11.7. The van der Waals surface area contributed by atoms with E-state index in [0.717, 1.165) is 13.1 Å². The molecule has 1 unspecified atom stereocenters. The molecule has 0 amide bonds. The Labute approximate surface area is 103 Å². The zero-order valence-corrected chi connectivity index (χ0v) is 10.5. The molecule has 2 N–H and O–H groups in total. The van der Waals surface area contributed by atoms with Gasteiger partial charge in [-0.3, -0.25) is 4.99 Å². The summed E-state index contributed by atoms with van der Waals surface area (Å²) in [6.07, 6.45) is 1.86. The Morgan fingerprint density at radius 1 is 1.47 bits per heavy atom. The van der Waals surface area contributed by atoms with Crippen molar-refractivity contribution in [2.45, 2.75) is 19.9 Å². The van der Waals surface area contributed by atoms with E-state index in [-0.39, 0.29) is 6.04 Å². The SMILES string of the molecule is C=CCN1C(N)=NCC1c1ccc(C)c(C)c1. The van der Waals surface area contributed by atoms with Gasteiger partial charge < -0.3 is 10.6 Å². The van der Waals surface area contributed by atoms with Crippen molar-refractivity contribution in [3.8, 4) is 0 Å². The molecule has 3 nitrogen and oxygen atoms in total. The number of rotatable bonds is 3. The lowest BCUT2D eigenvalue weighted by molar-refractivity contribution is 0.380. The molecule has 0 saturated carbocycles. The van der Waals surface area contributed by atoms with Gasteiger partial charge in [-0.2, -0.15) is 0 Å². The summed E-state index contributed by atoms with van der Waals surface area (Å²) < 4.78 is 0. The Morgan fingerprint density at radius 2 is 2.24 bits per heavy atom. The summed E-state index contributed by atoms with van der Waals surface area (Å²) in [5, 5.41) is 0. The molecule has 0 spiro atoms. The van der Waals surface area contributed by atoms with Gasteiger partial charge in [0.05, 0.1) is 12.6 Å². The Balaban J connectivity index is 2.27. The van der Waals surface area contributed by atoms with Crippen LogP contribution >= 0.6 is 0 Å². The molecule has 2 rings (SSSR count). The lowest BCUT2D eigenvalue weighted by Gasteiger charge is -2.25. The molecule has 0 bridgehead atoms. The fourth-order valence-electron chi connectivity index (χ4n) is 2.15. The van der Waals surface area contributed by atoms with Crippen LogP contribution in [-0.4, -0.2) is 23.9 Å². The first-order valence-electron chi connectivity index (χ1n) is 5.88. The minimum Gasteiger partial charge on any atom is -0.370 e. The third-order valence-electron chi connectivity index (χ3n) is 3.34. The number of guanidine groups is 1. The van der Waals surface area contributed by atoms with Crippen LogP contribution < -0.4 is 5.73 Å². The van der Waals surface area contributed by atoms with Crippen LogP contribution in [0.25, 0.3) is 0 Å². The van der Waals surface area contributed by atoms with Crippen molar-refractivity contribution >= 4 is 5.96 Å². The van der Waals surface area contributed by atoms with Gasteiger partial charge in [-0.15, -0.1) is 6.58 Å². The van der Waals surface area contributed by atoms with Gasteiger partial charge in [0.1, 0.15) is 0 Å². The smallest absolute Gasteiger partial charge is 0.192 e. The van der Waals surface area contributed by atoms with Crippen LogP contribution in [-0.2, 0) is 0 Å². The van der Waals surface area contributed by atoms with E-state index in [1.165, 1.54) is 16.7 Å². The number of nitrogens with zero attached hydrogens (tertiary/aromatic N) is 2. The number of aryl methyl sites for hydroxylation is 2. The van der Waals surface area contributed by atoms with Crippen molar-refractivity contribution in [1.29, 1.82) is 0 Å². The average molecular weight is 229 g/mol. The lowest BCUT2D eigenvalue weighted by atomic mass is 10.0. The van der Waals surface area contributed by atoms with Crippen LogP contribution in [0.2, 0.25) is 0 Å². The third kappa shape index (κ3) is 2.18. The van der Waals surface area contributed by atoms with Crippen molar-refractivity contribution in [1.82, 2.24) is 4.90 Å². The predicted molar refractivity (Wildman–Crippen MR) is 72.0 cm³/mol. The molecule has 1 aromatic carbocycles. The minimum atomic E-state index is 0.257. The third-order valence-corrected chi connectivity index (χ3v) is 3.34. The molecule has 1 heterocycles. The van der Waals surface area contributed by atoms with E-state index in [9.17, 15) is 0 Å². The molecule has 0 aliphatic carbocycles. The Hall–Kier alpha value is -1.77. The van der Waals surface area contributed by atoms with E-state index in [1.54, 1.807) is 0 Å². The molecule has 1 aromatic rings. The first-order chi connectivity index (χ1) is 8.13. The maximum atomic E-state index is 5.89. The van der Waals surface area contributed by atoms with Crippen LogP contribution in [0.1, 0.15) is 22.7 Å². The van der Waals surface area contributed by atoms with E-state index in [2.05, 4.69) is 48.5 Å². The molecule has 3 heteroatoms. The summed E-state index contributed by atoms with van der Waals surface area (Å²) in [5.74, 6) is 0.619. The van der Waals surface area contributed by atoms with Gasteiger partial charge in [0, 0.05) is 6.54 Å². The van der Waals surface area contributed by atoms with Crippen molar-refractivity contribution in [3.63, 3.8) is 0 Å². The lowest BCUT2D eigenvalue weighted by Crippen LogP contribution is -2.36. The second kappa shape index (κ2) is 4.62. The van der Waals surface area contributed by atoms with Gasteiger partial charge in [-0.25, -0.2) is 0 Å². The van der Waals surface area contributed by atoms with Crippen LogP contribution in [0.4, 0.5) is 0 Å². The molecule has 0 aromatic heterocycles. The normalized spacial score (nSPS) is 19.3. The van der Waals surface area contributed by atoms with E-state index in [0.29, 0.717) is 5.96 Å². The molecule has 90 valence electrons. The minimum absolute atomic E-state index is 0.257. The fraction of sp³-hybridized carbons (Fsp3) is 0.357. The highest BCUT2D eigenvalue weighted by Crippen LogP contribution is 2.26. The molecule has 1 aliphatic rings. The number of hydrogen-bond acceptors (Lipinski definition) is 3. The monoisotopic (exact) mass is 229 g/mol. The number of benzene rings is 1. The molecule has 1 atom stereocenters. The Morgan fingerprint density at radius 3 is 2.88 bits per heavy atom. The quantitative estimate of drug-likeness (QED) is 0.807. The van der Waals surface area contributed by atoms with Crippen molar-refractivity contribution in [3.05, 3.63) is 47.5 Å². The summed E-state index contributed by atoms with van der Waals surface area (Å²) in [7, 11) is 0. The van der Waals surface area contributed by atoms with Gasteiger partial charge in [-0.05, 0) is 30.5 Å². The highest BCUT2D eigenvalue weighted by molar-refractivity contribution is 5.80. The zero-order chi connectivity index (χ0) is 12.4. The molecular weight excluding hydrogens is 210 g/mol. The predicted octanol–water partition coefficient (Wildman–Crippen LogP) is 2.16. The van der Waals surface area contributed by atoms with Gasteiger partial charge in [-0.1, -0.05) is 24.3 Å². The molecule has 1 aliphatic heterocycles. The van der Waals surface area contributed by atoms with E-state index in [4.69, 9.17) is 5.73 Å². The second-order valence-electron chi connectivity index (χ2n) is 4.50. The van der Waals surface area contributed by atoms with Gasteiger partial charge in [0.15, 0.2) is 5.96 Å². The summed E-state index contributed by atoms with van der Waals surface area (Å²) in [4.78, 5) is 6.41. The standard InChI is InChI=1S/C14H19N3/c1-4-7-17-13(9-16-14(17)15)12-6-5-10(2)11(3)8-12/h4-6,8,13H,1,7,9H2,2-3H3,(H2,15,16). The van der Waals surface area contributed by atoms with Crippen LogP contribution in [0, 0.1) is 13.8 Å². The second-order valence-corrected chi connectivity index (χ2v) is 4.50. The van der Waals surface area contributed by atoms with E-state index >= 15 is 0 Å². The molecular formula is C14H19N3. The maximum absolute atomic E-state index is 5.89. The zero-order valence-electron chi connectivity index (χ0n) is 10.5. The van der Waals surface area contributed by atoms with Crippen LogP contribution in [0.3, 0.4) is 0 Å². The molecule has 0 radical (unpaired) electrons. The molecule has 17 heavy (non-hydrogen) atoms. The van der Waals surface area contributed by atoms with Crippen molar-refractivity contribution in [2.24, 2.45) is 10.7 Å². The van der Waals surface area contributed by atoms with E-state index < -0.39 is 0 Å². The Kier molecular flexibility index (Phi) is 3.18. The number of nitrogens with two attached hydrogens (primary N) is 1. The fourth-order valence-corrected chi connectivity index (χ4v) is 2.15. The number of hydrogen-bond donors (Lipinski definition) is 1. The Bertz CT molecular complexity index is 463. The van der Waals surface area contributed by atoms with Gasteiger partial charge in [0.2, 0.25) is 0 Å². The van der Waals surface area contributed by atoms with Crippen molar-refractivity contribution < 1.29 is 0 Å². The van der Waals surface area contributed by atoms with Crippen LogP contribution in [0.15, 0.2) is 35.8 Å². The van der Waals surface area contributed by atoms with Crippen molar-refractivity contribution in [2.75, 3.05) is 13.1 Å². The topological polar surface area (TPSA) is 41.6 Å². The summed E-state index contributed by atoms with van der Waals surface area (Å²) >= 11 is 0. The maximum Gasteiger partial charge on any atom is 0.192 e. The molecule has 0 saturated heterocycles. The number of aliphatic imine (C=N–C) groups is 1. The van der Waals surface area contributed by atoms with Gasteiger partial charge >= 0.3 is 0 Å². The highest BCUT2D eigenvalue weighted by Gasteiger charge is 2.26. The van der Waals surface area contributed by atoms with Crippen LogP contribution in [0.5, 0.6) is 0 Å². The van der Waals surface area contributed by atoms with Gasteiger partial charge in [0.25, 0.3) is 0 Å². The summed E-state index contributed by atoms with van der Waals surface area (Å²) in [5.41, 5.74) is 9.79. The summed E-state index contributed by atoms with van der Waals surface area (Å²) in [6, 6.07) is 6.81. The highest BCUT2D eigenvalue weighted by atomic mass is 15.3. The average Bonchev–Trinajstić information content (AvgIpc) is 2.66. The molecule has 0 fully saturated rings. The van der Waals surface area contributed by atoms with E-state index in [1.807, 2.05) is 6.08 Å². The first-order valence-corrected chi connectivity index (χ1v) is 5.88. The largest absolute Gasteiger partial charge is 0.370 e.